The van der Waals surface area contributed by atoms with E-state index in [0.29, 0.717) is 10.8 Å². The lowest BCUT2D eigenvalue weighted by Crippen LogP contribution is -1.92. The van der Waals surface area contributed by atoms with Crippen LogP contribution >= 0.6 is 11.6 Å². The van der Waals surface area contributed by atoms with Crippen LogP contribution in [0.1, 0.15) is 5.56 Å². The molecule has 1 heterocycles. The normalized spacial score (nSPS) is 10.1. The van der Waals surface area contributed by atoms with Crippen molar-refractivity contribution in [2.45, 2.75) is 6.92 Å². The van der Waals surface area contributed by atoms with Crippen molar-refractivity contribution in [3.05, 3.63) is 41.3 Å². The molecule has 0 saturated heterocycles. The van der Waals surface area contributed by atoms with Gasteiger partial charge in [-0.1, -0.05) is 35.9 Å². The quantitative estimate of drug-likeness (QED) is 0.718. The van der Waals surface area contributed by atoms with Crippen LogP contribution in [0.2, 0.25) is 5.15 Å². The molecule has 0 amide bonds. The van der Waals surface area contributed by atoms with E-state index in [1.165, 1.54) is 6.33 Å². The van der Waals surface area contributed by atoms with E-state index in [0.717, 1.165) is 11.1 Å². The standard InChI is InChI=1S/C10H8ClN3/c1-7-4-2-3-5-8(7)9-10(11)12-6-13-14-9/h2-6H,1H3. The van der Waals surface area contributed by atoms with Gasteiger partial charge in [-0.3, -0.25) is 0 Å². The van der Waals surface area contributed by atoms with Crippen molar-refractivity contribution in [3.63, 3.8) is 0 Å². The molecule has 14 heavy (non-hydrogen) atoms. The van der Waals surface area contributed by atoms with Crippen molar-refractivity contribution < 1.29 is 0 Å². The van der Waals surface area contributed by atoms with E-state index in [-0.39, 0.29) is 0 Å². The van der Waals surface area contributed by atoms with Gasteiger partial charge in [-0.15, -0.1) is 10.2 Å². The van der Waals surface area contributed by atoms with Gasteiger partial charge >= 0.3 is 0 Å². The first-order chi connectivity index (χ1) is 6.79. The maximum atomic E-state index is 5.92. The SMILES string of the molecule is Cc1ccccc1-c1nncnc1Cl. The first-order valence-corrected chi connectivity index (χ1v) is 4.56. The number of hydrogen-bond acceptors (Lipinski definition) is 3. The van der Waals surface area contributed by atoms with Gasteiger partial charge in [0.15, 0.2) is 5.15 Å². The number of benzene rings is 1. The zero-order valence-corrected chi connectivity index (χ0v) is 8.36. The lowest BCUT2D eigenvalue weighted by Gasteiger charge is -2.03. The Morgan fingerprint density at radius 3 is 2.71 bits per heavy atom. The van der Waals surface area contributed by atoms with Crippen LogP contribution in [0.15, 0.2) is 30.6 Å². The summed E-state index contributed by atoms with van der Waals surface area (Å²) in [7, 11) is 0. The minimum absolute atomic E-state index is 0.384. The van der Waals surface area contributed by atoms with Crippen molar-refractivity contribution in [2.75, 3.05) is 0 Å². The van der Waals surface area contributed by atoms with E-state index < -0.39 is 0 Å². The second-order valence-electron chi connectivity index (χ2n) is 2.91. The molecule has 0 bridgehead atoms. The highest BCUT2D eigenvalue weighted by atomic mass is 35.5. The zero-order chi connectivity index (χ0) is 9.97. The maximum absolute atomic E-state index is 5.92. The van der Waals surface area contributed by atoms with Crippen LogP contribution in [0.3, 0.4) is 0 Å². The molecule has 0 N–H and O–H groups in total. The van der Waals surface area contributed by atoms with Gasteiger partial charge in [-0.2, -0.15) is 0 Å². The Morgan fingerprint density at radius 1 is 1.21 bits per heavy atom. The van der Waals surface area contributed by atoms with Crippen molar-refractivity contribution in [3.8, 4) is 11.3 Å². The van der Waals surface area contributed by atoms with Gasteiger partial charge in [-0.05, 0) is 12.5 Å². The molecule has 3 nitrogen and oxygen atoms in total. The van der Waals surface area contributed by atoms with Crippen molar-refractivity contribution >= 4 is 11.6 Å². The minimum Gasteiger partial charge on any atom is -0.220 e. The van der Waals surface area contributed by atoms with Gasteiger partial charge in [-0.25, -0.2) is 4.98 Å². The topological polar surface area (TPSA) is 38.7 Å². The van der Waals surface area contributed by atoms with E-state index in [2.05, 4.69) is 15.2 Å². The molecule has 4 heteroatoms. The molecule has 1 aromatic heterocycles. The molecule has 0 fully saturated rings. The fourth-order valence-electron chi connectivity index (χ4n) is 1.27. The predicted octanol–water partition coefficient (Wildman–Crippen LogP) is 2.50. The first kappa shape index (κ1) is 9.09. The molecular formula is C10H8ClN3. The lowest BCUT2D eigenvalue weighted by atomic mass is 10.1. The largest absolute Gasteiger partial charge is 0.220 e. The number of halogens is 1. The molecule has 0 aliphatic rings. The number of hydrogen-bond donors (Lipinski definition) is 0. The molecule has 0 atom stereocenters. The van der Waals surface area contributed by atoms with E-state index in [1.807, 2.05) is 31.2 Å². The molecule has 0 aliphatic carbocycles. The van der Waals surface area contributed by atoms with E-state index in [9.17, 15) is 0 Å². The average molecular weight is 206 g/mol. The number of aromatic nitrogens is 3. The Kier molecular flexibility index (Phi) is 2.41. The van der Waals surface area contributed by atoms with E-state index in [4.69, 9.17) is 11.6 Å². The monoisotopic (exact) mass is 205 g/mol. The van der Waals surface area contributed by atoms with Crippen LogP contribution in [0.4, 0.5) is 0 Å². The molecule has 0 saturated carbocycles. The van der Waals surface area contributed by atoms with Crippen molar-refractivity contribution in [1.82, 2.24) is 15.2 Å². The Balaban J connectivity index is 2.61. The number of aryl methyl sites for hydroxylation is 1. The molecule has 0 spiro atoms. The Morgan fingerprint density at radius 2 is 2.00 bits per heavy atom. The second-order valence-corrected chi connectivity index (χ2v) is 3.27. The highest BCUT2D eigenvalue weighted by Gasteiger charge is 2.07. The summed E-state index contributed by atoms with van der Waals surface area (Å²) in [5, 5.41) is 8.07. The molecule has 2 aromatic rings. The third-order valence-corrected chi connectivity index (χ3v) is 2.25. The highest BCUT2D eigenvalue weighted by molar-refractivity contribution is 6.31. The maximum Gasteiger partial charge on any atom is 0.159 e. The average Bonchev–Trinajstić information content (AvgIpc) is 2.20. The third kappa shape index (κ3) is 1.59. The number of rotatable bonds is 1. The van der Waals surface area contributed by atoms with Crippen LogP contribution in [-0.4, -0.2) is 15.2 Å². The predicted molar refractivity (Wildman–Crippen MR) is 55.0 cm³/mol. The van der Waals surface area contributed by atoms with E-state index in [1.54, 1.807) is 0 Å². The lowest BCUT2D eigenvalue weighted by molar-refractivity contribution is 0.975. The van der Waals surface area contributed by atoms with E-state index >= 15 is 0 Å². The Labute approximate surface area is 86.8 Å². The number of nitrogens with zero attached hydrogens (tertiary/aromatic N) is 3. The van der Waals surface area contributed by atoms with Gasteiger partial charge in [0.2, 0.25) is 0 Å². The van der Waals surface area contributed by atoms with Gasteiger partial charge in [0.25, 0.3) is 0 Å². The van der Waals surface area contributed by atoms with Crippen LogP contribution in [0.5, 0.6) is 0 Å². The van der Waals surface area contributed by atoms with Crippen LogP contribution in [0, 0.1) is 6.92 Å². The smallest absolute Gasteiger partial charge is 0.159 e. The van der Waals surface area contributed by atoms with Crippen LogP contribution < -0.4 is 0 Å². The van der Waals surface area contributed by atoms with Crippen molar-refractivity contribution in [2.24, 2.45) is 0 Å². The first-order valence-electron chi connectivity index (χ1n) is 4.18. The fourth-order valence-corrected chi connectivity index (χ4v) is 1.45. The summed E-state index contributed by atoms with van der Waals surface area (Å²) in [5.74, 6) is 0. The summed E-state index contributed by atoms with van der Waals surface area (Å²) < 4.78 is 0. The molecular weight excluding hydrogens is 198 g/mol. The highest BCUT2D eigenvalue weighted by Crippen LogP contribution is 2.25. The van der Waals surface area contributed by atoms with Gasteiger partial charge < -0.3 is 0 Å². The molecule has 0 radical (unpaired) electrons. The Bertz CT molecular complexity index is 413. The summed E-state index contributed by atoms with van der Waals surface area (Å²) >= 11 is 5.92. The van der Waals surface area contributed by atoms with Gasteiger partial charge in [0, 0.05) is 5.56 Å². The summed E-state index contributed by atoms with van der Waals surface area (Å²) in [4.78, 5) is 3.89. The fraction of sp³-hybridized carbons (Fsp3) is 0.100. The summed E-state index contributed by atoms with van der Waals surface area (Å²) in [5.41, 5.74) is 2.71. The van der Waals surface area contributed by atoms with Gasteiger partial charge in [0.1, 0.15) is 12.0 Å². The summed E-state index contributed by atoms with van der Waals surface area (Å²) in [6.45, 7) is 2.00. The molecule has 2 rings (SSSR count). The molecule has 0 aliphatic heterocycles. The minimum atomic E-state index is 0.384. The summed E-state index contributed by atoms with van der Waals surface area (Å²) in [6.07, 6.45) is 1.34. The van der Waals surface area contributed by atoms with Crippen LogP contribution in [0.25, 0.3) is 11.3 Å². The zero-order valence-electron chi connectivity index (χ0n) is 7.61. The van der Waals surface area contributed by atoms with Crippen LogP contribution in [-0.2, 0) is 0 Å². The summed E-state index contributed by atoms with van der Waals surface area (Å²) in [6, 6.07) is 7.86. The molecule has 1 aromatic carbocycles. The van der Waals surface area contributed by atoms with Crippen molar-refractivity contribution in [1.29, 1.82) is 0 Å². The van der Waals surface area contributed by atoms with Gasteiger partial charge in [0.05, 0.1) is 0 Å². The second kappa shape index (κ2) is 3.72. The Hall–Kier alpha value is -1.48. The molecule has 0 unspecified atom stereocenters. The third-order valence-electron chi connectivity index (χ3n) is 1.98. The molecule has 70 valence electrons.